The molecule has 17 N–H and O–H groups in total. The fourth-order valence-corrected chi connectivity index (χ4v) is 12.4. The fraction of sp³-hybridized carbons (Fsp3) is 0.200. The number of ether oxygens (including phenoxy) is 7. The van der Waals surface area contributed by atoms with Crippen molar-refractivity contribution in [2.75, 3.05) is 6.61 Å². The van der Waals surface area contributed by atoms with Gasteiger partial charge in [0.25, 0.3) is 0 Å². The maximum absolute atomic E-state index is 15.8. The third-order valence-electron chi connectivity index (χ3n) is 16.1. The minimum absolute atomic E-state index is 0.0522. The van der Waals surface area contributed by atoms with Crippen LogP contribution in [0.3, 0.4) is 0 Å². The van der Waals surface area contributed by atoms with E-state index < -0.39 is 267 Å². The van der Waals surface area contributed by atoms with Crippen molar-refractivity contribution in [3.63, 3.8) is 0 Å². The Morgan fingerprint density at radius 3 is 1.60 bits per heavy atom. The van der Waals surface area contributed by atoms with Crippen molar-refractivity contribution in [1.82, 2.24) is 0 Å². The summed E-state index contributed by atoms with van der Waals surface area (Å²) >= 11 is 0. The largest absolute Gasteiger partial charge is 0.507 e. The minimum atomic E-state index is -3.14. The number of hydrogen-bond donors (Lipinski definition) is 17. The van der Waals surface area contributed by atoms with E-state index in [1.54, 1.807) is 0 Å². The maximum Gasteiger partial charge on any atom is 0.340 e. The van der Waals surface area contributed by atoms with Gasteiger partial charge in [-0.1, -0.05) is 6.07 Å². The SMILES string of the molecule is O=C1OC[C@H]2OC(=O)c3cc(O)c(O)c(O)c3-c3c(O)c(O)c(O)c4c3C(=O)O[C@H]([C@H]3OC(=O)[C@H]5C4=C(O)C(=O)[C@]54Oc5cc(O)c6c(c5[C@@H]34)O[C@H](c3ccc(O)c(O)c3)[C@@H](O)C6)[C@@H]2OC(=O)c2cc(O)c(O)c(O)c2-c2c1cc(O)c(O)c2O. The van der Waals surface area contributed by atoms with Crippen LogP contribution < -0.4 is 9.47 Å². The number of aliphatic hydroxyl groups is 2. The molecule has 0 amide bonds. The number of ketones is 1. The molecule has 30 nitrogen and oxygen atoms in total. The molecular formula is C55H36O30. The van der Waals surface area contributed by atoms with Gasteiger partial charge in [0.15, 0.2) is 87.7 Å². The van der Waals surface area contributed by atoms with Gasteiger partial charge < -0.3 is 120 Å². The molecule has 7 heterocycles. The highest BCUT2D eigenvalue weighted by Crippen LogP contribution is 2.68. The maximum atomic E-state index is 15.8. The topological polar surface area (TPSA) is 511 Å². The van der Waals surface area contributed by atoms with Crippen LogP contribution in [0.1, 0.15) is 75.7 Å². The third-order valence-corrected chi connectivity index (χ3v) is 16.1. The van der Waals surface area contributed by atoms with Crippen LogP contribution in [-0.4, -0.2) is 165 Å². The molecule has 9 atom stereocenters. The van der Waals surface area contributed by atoms with Crippen LogP contribution in [-0.2, 0) is 39.7 Å². The molecule has 8 aliphatic rings. The van der Waals surface area contributed by atoms with Gasteiger partial charge in [-0.15, -0.1) is 0 Å². The molecule has 0 unspecified atom stereocenters. The number of rotatable bonds is 1. The van der Waals surface area contributed by atoms with E-state index in [-0.39, 0.29) is 11.1 Å². The van der Waals surface area contributed by atoms with E-state index in [1.165, 1.54) is 6.07 Å². The number of esters is 5. The molecule has 85 heavy (non-hydrogen) atoms. The number of cyclic esters (lactones) is 1. The van der Waals surface area contributed by atoms with Crippen LogP contribution in [0.2, 0.25) is 0 Å². The number of carbonyl (C=O) groups excluding carboxylic acids is 6. The number of Topliss-reactive ketones (excluding diaryl/α,β-unsaturated/α-hetero) is 1. The standard InChI is InChI=1S/C55H36O30/c56-15-2-1-10(3-17(15)58)44-21(62)4-11-16(57)8-22-27(45(11)81-44)32-47-48-46-23(9-79-50(74)12-5-18(59)34(63)37(66)24(12)25-13(52(76)82-46)6-19(60)35(64)38(25)67)80-51(75)14-7-20(61)36(65)39(68)26(14)28-30(53(77)84-48)29(41(70)43(72)40(28)69)31-33(54(78)83-47)55(32,85-22)49(73)42(31)71/h1-3,5-8,21,23,32-33,44,46-48,56-72H,4,9H2/t21-,23+,32-,33+,44+,46+,47-,48-,55+/m0/s1. The van der Waals surface area contributed by atoms with Crippen molar-refractivity contribution in [3.8, 4) is 120 Å². The van der Waals surface area contributed by atoms with Crippen LogP contribution in [0.15, 0.2) is 48.2 Å². The van der Waals surface area contributed by atoms with Gasteiger partial charge in [0.2, 0.25) is 34.4 Å². The first-order valence-electron chi connectivity index (χ1n) is 24.8. The molecule has 1 fully saturated rings. The molecule has 30 heteroatoms. The second-order valence-electron chi connectivity index (χ2n) is 20.5. The Kier molecular flexibility index (Phi) is 10.9. The number of hydrogen-bond acceptors (Lipinski definition) is 30. The first-order chi connectivity index (χ1) is 40.2. The van der Waals surface area contributed by atoms with E-state index in [9.17, 15) is 91.6 Å². The number of carbonyl (C=O) groups is 6. The summed E-state index contributed by atoms with van der Waals surface area (Å²) in [5.74, 6) is -39.1. The van der Waals surface area contributed by atoms with E-state index in [2.05, 4.69) is 0 Å². The van der Waals surface area contributed by atoms with Crippen molar-refractivity contribution < 1.29 is 149 Å². The second kappa shape index (κ2) is 17.5. The predicted molar refractivity (Wildman–Crippen MR) is 267 cm³/mol. The number of aliphatic hydroxyl groups excluding tert-OH is 2. The average molecular weight is 1180 g/mol. The van der Waals surface area contributed by atoms with Crippen LogP contribution in [0, 0.1) is 5.92 Å². The Labute approximate surface area is 468 Å². The Bertz CT molecular complexity index is 4230. The summed E-state index contributed by atoms with van der Waals surface area (Å²) in [6.45, 7) is -1.57. The molecule has 1 spiro atoms. The third kappa shape index (κ3) is 6.83. The molecule has 6 aromatic carbocycles. The first-order valence-corrected chi connectivity index (χ1v) is 24.8. The van der Waals surface area contributed by atoms with E-state index >= 15 is 24.0 Å². The number of phenolic OH excluding ortho intramolecular Hbond substituents is 15. The molecule has 1 saturated heterocycles. The Hall–Kier alpha value is -11.6. The fourth-order valence-electron chi connectivity index (χ4n) is 12.4. The van der Waals surface area contributed by atoms with Crippen LogP contribution in [0.25, 0.3) is 27.8 Å². The Balaban J connectivity index is 1.15. The molecule has 0 saturated carbocycles. The highest BCUT2D eigenvalue weighted by atomic mass is 16.6. The first kappa shape index (κ1) is 52.8. The summed E-state index contributed by atoms with van der Waals surface area (Å²) in [5, 5.41) is 192. The predicted octanol–water partition coefficient (Wildman–Crippen LogP) is 2.42. The molecule has 0 aromatic heterocycles. The summed E-state index contributed by atoms with van der Waals surface area (Å²) in [6.07, 6.45) is -14.9. The molecule has 6 bridgehead atoms. The van der Waals surface area contributed by atoms with Gasteiger partial charge in [0.1, 0.15) is 35.9 Å². The summed E-state index contributed by atoms with van der Waals surface area (Å²) in [7, 11) is 0. The van der Waals surface area contributed by atoms with Gasteiger partial charge in [-0.3, -0.25) is 9.59 Å². The average Bonchev–Trinajstić information content (AvgIpc) is 1.55. The van der Waals surface area contributed by atoms with E-state index in [4.69, 9.17) is 33.2 Å². The van der Waals surface area contributed by atoms with Crippen molar-refractivity contribution in [2.45, 2.75) is 54.6 Å². The Morgan fingerprint density at radius 2 is 1.00 bits per heavy atom. The zero-order valence-electron chi connectivity index (χ0n) is 42.0. The quantitative estimate of drug-likeness (QED) is 0.0638. The normalized spacial score (nSPS) is 25.0. The molecular weight excluding hydrogens is 1140 g/mol. The number of aromatic hydroxyl groups is 15. The Morgan fingerprint density at radius 1 is 0.459 bits per heavy atom. The van der Waals surface area contributed by atoms with Crippen molar-refractivity contribution in [1.29, 1.82) is 0 Å². The van der Waals surface area contributed by atoms with Gasteiger partial charge >= 0.3 is 29.8 Å². The van der Waals surface area contributed by atoms with Crippen LogP contribution in [0.5, 0.6) is 97.7 Å². The van der Waals surface area contributed by atoms with Gasteiger partial charge in [-0.2, -0.15) is 0 Å². The zero-order chi connectivity index (χ0) is 60.8. The van der Waals surface area contributed by atoms with Gasteiger partial charge in [0.05, 0.1) is 34.3 Å². The molecule has 0 radical (unpaired) electrons. The van der Waals surface area contributed by atoms with Crippen molar-refractivity contribution in [3.05, 3.63) is 92.7 Å². The number of benzene rings is 6. The lowest BCUT2D eigenvalue weighted by Gasteiger charge is -2.47. The molecule has 436 valence electrons. The number of fused-ring (bicyclic) bond motifs is 10. The summed E-state index contributed by atoms with van der Waals surface area (Å²) < 4.78 is 42.7. The van der Waals surface area contributed by atoms with Crippen molar-refractivity contribution in [2.24, 2.45) is 5.92 Å². The smallest absolute Gasteiger partial charge is 0.340 e. The lowest BCUT2D eigenvalue weighted by Crippen LogP contribution is -2.65. The highest BCUT2D eigenvalue weighted by Gasteiger charge is 2.76. The van der Waals surface area contributed by atoms with Gasteiger partial charge in [-0.25, -0.2) is 19.2 Å². The minimum Gasteiger partial charge on any atom is -0.507 e. The highest BCUT2D eigenvalue weighted by molar-refractivity contribution is 6.22. The zero-order valence-corrected chi connectivity index (χ0v) is 42.0. The second-order valence-corrected chi connectivity index (χ2v) is 20.5. The summed E-state index contributed by atoms with van der Waals surface area (Å²) in [6, 6.07) is 5.15. The van der Waals surface area contributed by atoms with Crippen LogP contribution >= 0.6 is 0 Å². The monoisotopic (exact) mass is 1180 g/mol. The lowest BCUT2D eigenvalue weighted by atomic mass is 9.66. The molecule has 14 rings (SSSR count). The lowest BCUT2D eigenvalue weighted by molar-refractivity contribution is -0.200. The van der Waals surface area contributed by atoms with Gasteiger partial charge in [0, 0.05) is 57.0 Å². The molecule has 6 aromatic rings. The van der Waals surface area contributed by atoms with E-state index in [0.29, 0.717) is 18.2 Å². The summed E-state index contributed by atoms with van der Waals surface area (Å²) in [5.41, 5.74) is -16.7. The van der Waals surface area contributed by atoms with Gasteiger partial charge in [-0.05, 0) is 35.9 Å². The van der Waals surface area contributed by atoms with E-state index in [1.807, 2.05) is 0 Å². The molecule has 7 aliphatic heterocycles. The summed E-state index contributed by atoms with van der Waals surface area (Å²) in [4.78, 5) is 91.7. The molecule has 1 aliphatic carbocycles. The van der Waals surface area contributed by atoms with Crippen molar-refractivity contribution >= 4 is 41.2 Å². The van der Waals surface area contributed by atoms with Crippen LogP contribution in [0.4, 0.5) is 0 Å². The number of phenols is 15. The van der Waals surface area contributed by atoms with E-state index in [0.717, 1.165) is 18.2 Å².